The number of hydrogen-bond donors (Lipinski definition) is 0. The molecule has 1 aromatic rings. The predicted octanol–water partition coefficient (Wildman–Crippen LogP) is 1.87. The zero-order chi connectivity index (χ0) is 11.4. The zero-order valence-corrected chi connectivity index (χ0v) is 9.57. The third kappa shape index (κ3) is 2.82. The minimum absolute atomic E-state index is 0.0211. The van der Waals surface area contributed by atoms with Crippen LogP contribution in [-0.2, 0) is 20.7 Å². The minimum Gasteiger partial charge on any atom is -0.376 e. The van der Waals surface area contributed by atoms with E-state index in [4.69, 9.17) is 21.1 Å². The molecule has 0 radical (unpaired) electrons. The number of ketones is 1. The molecule has 1 aliphatic heterocycles. The number of carbonyl (C=O) groups is 1. The SMILES string of the molecule is O=C(Cc1ccccc1Cl)C1COCCO1. The Labute approximate surface area is 99.3 Å². The molecule has 0 amide bonds. The summed E-state index contributed by atoms with van der Waals surface area (Å²) in [6.45, 7) is 1.40. The number of hydrogen-bond acceptors (Lipinski definition) is 3. The van der Waals surface area contributed by atoms with Crippen molar-refractivity contribution >= 4 is 17.4 Å². The van der Waals surface area contributed by atoms with Gasteiger partial charge in [0.05, 0.1) is 19.8 Å². The summed E-state index contributed by atoms with van der Waals surface area (Å²) in [7, 11) is 0. The monoisotopic (exact) mass is 240 g/mol. The first-order chi connectivity index (χ1) is 7.77. The third-order valence-corrected chi connectivity index (χ3v) is 2.87. The van der Waals surface area contributed by atoms with Crippen molar-refractivity contribution in [1.82, 2.24) is 0 Å². The topological polar surface area (TPSA) is 35.5 Å². The molecular formula is C12H13ClO3. The fraction of sp³-hybridized carbons (Fsp3) is 0.417. The molecule has 3 nitrogen and oxygen atoms in total. The fourth-order valence-electron chi connectivity index (χ4n) is 1.62. The van der Waals surface area contributed by atoms with Crippen molar-refractivity contribution in [3.8, 4) is 0 Å². The maximum absolute atomic E-state index is 11.9. The lowest BCUT2D eigenvalue weighted by Gasteiger charge is -2.21. The summed E-state index contributed by atoms with van der Waals surface area (Å²) in [6, 6.07) is 7.34. The molecule has 1 heterocycles. The van der Waals surface area contributed by atoms with Gasteiger partial charge in [-0.1, -0.05) is 29.8 Å². The number of carbonyl (C=O) groups excluding carboxylic acids is 1. The van der Waals surface area contributed by atoms with Crippen LogP contribution < -0.4 is 0 Å². The maximum Gasteiger partial charge on any atom is 0.168 e. The van der Waals surface area contributed by atoms with E-state index in [0.717, 1.165) is 5.56 Å². The van der Waals surface area contributed by atoms with Gasteiger partial charge in [-0.2, -0.15) is 0 Å². The van der Waals surface area contributed by atoms with Crippen LogP contribution in [-0.4, -0.2) is 31.7 Å². The molecule has 16 heavy (non-hydrogen) atoms. The predicted molar refractivity (Wildman–Crippen MR) is 60.7 cm³/mol. The molecule has 0 N–H and O–H groups in total. The zero-order valence-electron chi connectivity index (χ0n) is 8.82. The molecule has 0 aliphatic carbocycles. The Morgan fingerprint density at radius 2 is 2.19 bits per heavy atom. The molecule has 0 spiro atoms. The van der Waals surface area contributed by atoms with Gasteiger partial charge in [0.1, 0.15) is 6.10 Å². The van der Waals surface area contributed by atoms with Crippen LogP contribution in [0.3, 0.4) is 0 Å². The van der Waals surface area contributed by atoms with Crippen molar-refractivity contribution in [3.63, 3.8) is 0 Å². The molecule has 86 valence electrons. The molecule has 0 aromatic heterocycles. The summed E-state index contributed by atoms with van der Waals surface area (Å²) in [6.07, 6.45) is -0.140. The molecule has 2 rings (SSSR count). The number of benzene rings is 1. The summed E-state index contributed by atoms with van der Waals surface area (Å²) in [5, 5.41) is 0.618. The van der Waals surface area contributed by atoms with E-state index >= 15 is 0 Å². The number of Topliss-reactive ketones (excluding diaryl/α,β-unsaturated/α-hetero) is 1. The van der Waals surface area contributed by atoms with E-state index in [1.54, 1.807) is 6.07 Å². The summed E-state index contributed by atoms with van der Waals surface area (Å²) in [5.41, 5.74) is 0.836. The highest BCUT2D eigenvalue weighted by Gasteiger charge is 2.22. The first-order valence-corrected chi connectivity index (χ1v) is 5.60. The average Bonchev–Trinajstić information content (AvgIpc) is 2.33. The van der Waals surface area contributed by atoms with Crippen molar-refractivity contribution in [2.24, 2.45) is 0 Å². The van der Waals surface area contributed by atoms with Gasteiger partial charge in [-0.15, -0.1) is 0 Å². The van der Waals surface area contributed by atoms with Crippen LogP contribution in [0.2, 0.25) is 5.02 Å². The highest BCUT2D eigenvalue weighted by Crippen LogP contribution is 2.17. The second kappa shape index (κ2) is 5.43. The van der Waals surface area contributed by atoms with Crippen molar-refractivity contribution in [3.05, 3.63) is 34.9 Å². The Kier molecular flexibility index (Phi) is 3.93. The second-order valence-electron chi connectivity index (χ2n) is 3.67. The highest BCUT2D eigenvalue weighted by atomic mass is 35.5. The molecule has 0 bridgehead atoms. The van der Waals surface area contributed by atoms with Crippen LogP contribution >= 0.6 is 11.6 Å². The average molecular weight is 241 g/mol. The molecule has 1 aliphatic rings. The van der Waals surface area contributed by atoms with E-state index in [0.29, 0.717) is 31.3 Å². The van der Waals surface area contributed by atoms with Crippen LogP contribution in [0, 0.1) is 0 Å². The lowest BCUT2D eigenvalue weighted by Crippen LogP contribution is -2.36. The van der Waals surface area contributed by atoms with Crippen LogP contribution in [0.1, 0.15) is 5.56 Å². The van der Waals surface area contributed by atoms with Gasteiger partial charge in [-0.25, -0.2) is 0 Å². The van der Waals surface area contributed by atoms with Crippen LogP contribution in [0.25, 0.3) is 0 Å². The lowest BCUT2D eigenvalue weighted by molar-refractivity contribution is -0.144. The standard InChI is InChI=1S/C12H13ClO3/c13-10-4-2-1-3-9(10)7-11(14)12-8-15-5-6-16-12/h1-4,12H,5-8H2. The molecule has 1 aromatic carbocycles. The maximum atomic E-state index is 11.9. The minimum atomic E-state index is -0.440. The van der Waals surface area contributed by atoms with Gasteiger partial charge in [-0.3, -0.25) is 4.79 Å². The largest absolute Gasteiger partial charge is 0.376 e. The summed E-state index contributed by atoms with van der Waals surface area (Å²) < 4.78 is 10.5. The Morgan fingerprint density at radius 1 is 1.38 bits per heavy atom. The Morgan fingerprint density at radius 3 is 2.88 bits per heavy atom. The first-order valence-electron chi connectivity index (χ1n) is 5.23. The van der Waals surface area contributed by atoms with E-state index < -0.39 is 6.10 Å². The van der Waals surface area contributed by atoms with Gasteiger partial charge in [0.15, 0.2) is 5.78 Å². The first kappa shape index (κ1) is 11.6. The lowest BCUT2D eigenvalue weighted by atomic mass is 10.1. The van der Waals surface area contributed by atoms with Gasteiger partial charge in [-0.05, 0) is 11.6 Å². The van der Waals surface area contributed by atoms with Crippen LogP contribution in [0.4, 0.5) is 0 Å². The highest BCUT2D eigenvalue weighted by molar-refractivity contribution is 6.31. The molecule has 4 heteroatoms. The van der Waals surface area contributed by atoms with E-state index in [-0.39, 0.29) is 5.78 Å². The number of rotatable bonds is 3. The van der Waals surface area contributed by atoms with Gasteiger partial charge in [0, 0.05) is 11.4 Å². The molecule has 1 unspecified atom stereocenters. The molecule has 1 saturated heterocycles. The van der Waals surface area contributed by atoms with Gasteiger partial charge < -0.3 is 9.47 Å². The van der Waals surface area contributed by atoms with E-state index in [9.17, 15) is 4.79 Å². The van der Waals surface area contributed by atoms with E-state index in [1.807, 2.05) is 18.2 Å². The Balaban J connectivity index is 1.99. The fourth-order valence-corrected chi connectivity index (χ4v) is 1.82. The van der Waals surface area contributed by atoms with Gasteiger partial charge in [0.2, 0.25) is 0 Å². The van der Waals surface area contributed by atoms with Crippen molar-refractivity contribution < 1.29 is 14.3 Å². The van der Waals surface area contributed by atoms with E-state index in [1.165, 1.54) is 0 Å². The van der Waals surface area contributed by atoms with E-state index in [2.05, 4.69) is 0 Å². The molecular weight excluding hydrogens is 228 g/mol. The summed E-state index contributed by atoms with van der Waals surface area (Å²) in [5.74, 6) is 0.0211. The Hall–Kier alpha value is -0.900. The van der Waals surface area contributed by atoms with Crippen molar-refractivity contribution in [1.29, 1.82) is 0 Å². The normalized spacial score (nSPS) is 20.7. The quantitative estimate of drug-likeness (QED) is 0.809. The van der Waals surface area contributed by atoms with Gasteiger partial charge in [0.25, 0.3) is 0 Å². The molecule has 0 saturated carbocycles. The molecule has 1 atom stereocenters. The third-order valence-electron chi connectivity index (χ3n) is 2.50. The van der Waals surface area contributed by atoms with Crippen molar-refractivity contribution in [2.45, 2.75) is 12.5 Å². The number of halogens is 1. The van der Waals surface area contributed by atoms with Crippen molar-refractivity contribution in [2.75, 3.05) is 19.8 Å². The number of ether oxygens (including phenoxy) is 2. The summed E-state index contributed by atoms with van der Waals surface area (Å²) in [4.78, 5) is 11.9. The van der Waals surface area contributed by atoms with Crippen LogP contribution in [0.5, 0.6) is 0 Å². The summed E-state index contributed by atoms with van der Waals surface area (Å²) >= 11 is 5.98. The molecule has 1 fully saturated rings. The smallest absolute Gasteiger partial charge is 0.168 e. The van der Waals surface area contributed by atoms with Crippen LogP contribution in [0.15, 0.2) is 24.3 Å². The van der Waals surface area contributed by atoms with Gasteiger partial charge >= 0.3 is 0 Å². The second-order valence-corrected chi connectivity index (χ2v) is 4.08. The Bertz CT molecular complexity index is 372.